The highest BCUT2D eigenvalue weighted by atomic mass is 16.4. The Balaban J connectivity index is 1.42. The number of furan rings is 1. The number of hydrogen-bond acceptors (Lipinski definition) is 4. The molecule has 0 unspecified atom stereocenters. The molecule has 1 aliphatic rings. The van der Waals surface area contributed by atoms with Gasteiger partial charge in [0.05, 0.1) is 6.54 Å². The minimum atomic E-state index is -0.621. The van der Waals surface area contributed by atoms with Crippen LogP contribution in [0.15, 0.2) is 46.9 Å². The van der Waals surface area contributed by atoms with Crippen molar-refractivity contribution in [3.8, 4) is 0 Å². The second-order valence-electron chi connectivity index (χ2n) is 7.78. The number of likely N-dealkylation sites (tertiary alicyclic amines) is 1. The van der Waals surface area contributed by atoms with Gasteiger partial charge in [-0.2, -0.15) is 0 Å². The quantitative estimate of drug-likeness (QED) is 0.636. The number of carbonyl (C=O) groups is 2. The molecule has 156 valence electrons. The molecular weight excluding hydrogens is 368 g/mol. The number of nitrogens with one attached hydrogen (secondary N) is 2. The number of primary amides is 1. The van der Waals surface area contributed by atoms with E-state index in [0.717, 1.165) is 38.9 Å². The predicted octanol–water partition coefficient (Wildman–Crippen LogP) is 2.87. The first kappa shape index (κ1) is 20.9. The Bertz CT molecular complexity index is 810. The van der Waals surface area contributed by atoms with Gasteiger partial charge in [-0.3, -0.25) is 9.69 Å². The summed E-state index contributed by atoms with van der Waals surface area (Å²) in [6, 6.07) is 13.4. The Morgan fingerprint density at radius 3 is 2.45 bits per heavy atom. The normalized spacial score (nSPS) is 16.3. The van der Waals surface area contributed by atoms with Gasteiger partial charge in [-0.25, -0.2) is 4.79 Å². The molecule has 3 amide bonds. The molecule has 1 aromatic carbocycles. The zero-order valence-corrected chi connectivity index (χ0v) is 16.9. The molecule has 1 aliphatic heterocycles. The van der Waals surface area contributed by atoms with Gasteiger partial charge in [0.25, 0.3) is 5.91 Å². The monoisotopic (exact) mass is 398 g/mol. The largest absolute Gasteiger partial charge is 0.454 e. The minimum Gasteiger partial charge on any atom is -0.454 e. The lowest BCUT2D eigenvalue weighted by Gasteiger charge is -2.41. The summed E-state index contributed by atoms with van der Waals surface area (Å²) in [7, 11) is 0. The number of hydrogen-bond donors (Lipinski definition) is 3. The van der Waals surface area contributed by atoms with Crippen LogP contribution in [0.25, 0.3) is 0 Å². The summed E-state index contributed by atoms with van der Waals surface area (Å²) in [6.45, 7) is 6.11. The topological polar surface area (TPSA) is 101 Å². The first-order chi connectivity index (χ1) is 14.0. The Hall–Kier alpha value is -2.80. The molecule has 1 fully saturated rings. The van der Waals surface area contributed by atoms with Crippen molar-refractivity contribution in [1.29, 1.82) is 0 Å². The smallest absolute Gasteiger partial charge is 0.315 e. The molecule has 2 aromatic rings. The maximum absolute atomic E-state index is 12.2. The molecule has 0 bridgehead atoms. The third-order valence-corrected chi connectivity index (χ3v) is 5.87. The van der Waals surface area contributed by atoms with Crippen molar-refractivity contribution in [3.63, 3.8) is 0 Å². The minimum absolute atomic E-state index is 0.0920. The van der Waals surface area contributed by atoms with Crippen molar-refractivity contribution in [2.75, 3.05) is 19.6 Å². The van der Waals surface area contributed by atoms with Crippen LogP contribution in [0.1, 0.15) is 48.1 Å². The zero-order valence-electron chi connectivity index (χ0n) is 16.9. The third-order valence-electron chi connectivity index (χ3n) is 5.87. The van der Waals surface area contributed by atoms with Crippen LogP contribution in [0, 0.1) is 5.41 Å². The number of nitrogens with two attached hydrogens (primary N) is 1. The van der Waals surface area contributed by atoms with Gasteiger partial charge < -0.3 is 20.8 Å². The van der Waals surface area contributed by atoms with Gasteiger partial charge >= 0.3 is 6.03 Å². The van der Waals surface area contributed by atoms with Crippen LogP contribution in [0.3, 0.4) is 0 Å². The SMILES string of the molecule is CCC1(CNC(=O)NCc2ccc(C(N)=O)o2)CCN(Cc2ccccc2)CC1. The van der Waals surface area contributed by atoms with Crippen LogP contribution in [0.5, 0.6) is 0 Å². The molecule has 0 atom stereocenters. The van der Waals surface area contributed by atoms with Crippen LogP contribution in [-0.4, -0.2) is 36.5 Å². The molecule has 3 rings (SSSR count). The van der Waals surface area contributed by atoms with E-state index >= 15 is 0 Å². The molecular formula is C22H30N4O3. The third kappa shape index (κ3) is 5.84. The number of carbonyl (C=O) groups excluding carboxylic acids is 2. The molecule has 7 nitrogen and oxygen atoms in total. The van der Waals surface area contributed by atoms with E-state index in [1.165, 1.54) is 11.6 Å². The lowest BCUT2D eigenvalue weighted by molar-refractivity contribution is 0.0948. The van der Waals surface area contributed by atoms with Gasteiger partial charge in [0.1, 0.15) is 5.76 Å². The number of nitrogens with zero attached hydrogens (tertiary/aromatic N) is 1. The number of piperidine rings is 1. The van der Waals surface area contributed by atoms with Crippen LogP contribution >= 0.6 is 0 Å². The van der Waals surface area contributed by atoms with E-state index in [4.69, 9.17) is 10.2 Å². The molecule has 0 radical (unpaired) electrons. The van der Waals surface area contributed by atoms with E-state index in [-0.39, 0.29) is 23.8 Å². The van der Waals surface area contributed by atoms with Crippen molar-refractivity contribution in [1.82, 2.24) is 15.5 Å². The van der Waals surface area contributed by atoms with E-state index in [9.17, 15) is 9.59 Å². The first-order valence-electron chi connectivity index (χ1n) is 10.2. The summed E-state index contributed by atoms with van der Waals surface area (Å²) in [5, 5.41) is 5.77. The summed E-state index contributed by atoms with van der Waals surface area (Å²) >= 11 is 0. The Labute approximate surface area is 171 Å². The van der Waals surface area contributed by atoms with E-state index in [1.807, 2.05) is 6.07 Å². The van der Waals surface area contributed by atoms with E-state index in [1.54, 1.807) is 6.07 Å². The molecule has 29 heavy (non-hydrogen) atoms. The summed E-state index contributed by atoms with van der Waals surface area (Å²) in [4.78, 5) is 25.7. The second-order valence-corrected chi connectivity index (χ2v) is 7.78. The summed E-state index contributed by atoms with van der Waals surface area (Å²) in [5.41, 5.74) is 6.63. The van der Waals surface area contributed by atoms with E-state index in [2.05, 4.69) is 46.7 Å². The van der Waals surface area contributed by atoms with Crippen LogP contribution in [0.2, 0.25) is 0 Å². The van der Waals surface area contributed by atoms with Crippen LogP contribution in [0.4, 0.5) is 4.79 Å². The molecule has 1 saturated heterocycles. The maximum atomic E-state index is 12.2. The number of amides is 3. The fraction of sp³-hybridized carbons (Fsp3) is 0.455. The highest BCUT2D eigenvalue weighted by Gasteiger charge is 2.33. The maximum Gasteiger partial charge on any atom is 0.315 e. The average molecular weight is 399 g/mol. The Morgan fingerprint density at radius 1 is 1.10 bits per heavy atom. The van der Waals surface area contributed by atoms with E-state index < -0.39 is 5.91 Å². The lowest BCUT2D eigenvalue weighted by atomic mass is 9.76. The van der Waals surface area contributed by atoms with E-state index in [0.29, 0.717) is 12.3 Å². The van der Waals surface area contributed by atoms with Crippen molar-refractivity contribution in [3.05, 3.63) is 59.5 Å². The molecule has 2 heterocycles. The molecule has 4 N–H and O–H groups in total. The standard InChI is InChI=1S/C22H30N4O3/c1-2-22(10-12-26(13-11-22)15-17-6-4-3-5-7-17)16-25-21(28)24-14-18-8-9-19(29-18)20(23)27/h3-9H,2,10-16H2,1H3,(H2,23,27)(H2,24,25,28). The number of urea groups is 1. The van der Waals surface area contributed by atoms with Crippen LogP contribution < -0.4 is 16.4 Å². The van der Waals surface area contributed by atoms with Crippen LogP contribution in [-0.2, 0) is 13.1 Å². The van der Waals surface area contributed by atoms with Gasteiger partial charge in [-0.05, 0) is 55.5 Å². The second kappa shape index (κ2) is 9.60. The predicted molar refractivity (Wildman–Crippen MR) is 111 cm³/mol. The van der Waals surface area contributed by atoms with Gasteiger partial charge in [-0.1, -0.05) is 37.3 Å². The summed E-state index contributed by atoms with van der Waals surface area (Å²) in [6.07, 6.45) is 3.17. The molecule has 1 aromatic heterocycles. The highest BCUT2D eigenvalue weighted by molar-refractivity contribution is 5.89. The Kier molecular flexibility index (Phi) is 6.93. The molecule has 0 aliphatic carbocycles. The van der Waals surface area contributed by atoms with Crippen molar-refractivity contribution in [2.24, 2.45) is 11.1 Å². The molecule has 7 heteroatoms. The van der Waals surface area contributed by atoms with Gasteiger partial charge in [-0.15, -0.1) is 0 Å². The van der Waals surface area contributed by atoms with Gasteiger partial charge in [0, 0.05) is 13.1 Å². The number of benzene rings is 1. The summed E-state index contributed by atoms with van der Waals surface area (Å²) < 4.78 is 5.27. The molecule has 0 saturated carbocycles. The van der Waals surface area contributed by atoms with Crippen molar-refractivity contribution >= 4 is 11.9 Å². The summed E-state index contributed by atoms with van der Waals surface area (Å²) in [5.74, 6) is -0.0352. The van der Waals surface area contributed by atoms with Gasteiger partial charge in [0.15, 0.2) is 5.76 Å². The first-order valence-corrected chi connectivity index (χ1v) is 10.2. The van der Waals surface area contributed by atoms with Crippen molar-refractivity contribution in [2.45, 2.75) is 39.3 Å². The average Bonchev–Trinajstić information content (AvgIpc) is 3.22. The molecule has 0 spiro atoms. The van der Waals surface area contributed by atoms with Gasteiger partial charge in [0.2, 0.25) is 0 Å². The Morgan fingerprint density at radius 2 is 1.83 bits per heavy atom. The fourth-order valence-electron chi connectivity index (χ4n) is 3.79. The highest BCUT2D eigenvalue weighted by Crippen LogP contribution is 2.34. The zero-order chi connectivity index (χ0) is 20.7. The van der Waals surface area contributed by atoms with Crippen molar-refractivity contribution < 1.29 is 14.0 Å². The lowest BCUT2D eigenvalue weighted by Crippen LogP contribution is -2.47. The fourth-order valence-corrected chi connectivity index (χ4v) is 3.79. The number of rotatable bonds is 8.